The first-order valence-corrected chi connectivity index (χ1v) is 7.42. The van der Waals surface area contributed by atoms with Gasteiger partial charge in [-0.25, -0.2) is 9.78 Å². The van der Waals surface area contributed by atoms with Gasteiger partial charge in [-0.3, -0.25) is 19.1 Å². The molecule has 0 aliphatic carbocycles. The summed E-state index contributed by atoms with van der Waals surface area (Å²) in [4.78, 5) is 43.0. The van der Waals surface area contributed by atoms with E-state index in [2.05, 4.69) is 15.3 Å². The number of hydrogen-bond acceptors (Lipinski definition) is 4. The quantitative estimate of drug-likeness (QED) is 0.747. The molecule has 0 aliphatic rings. The number of aromatic amines is 1. The fraction of sp³-hybridized carbons (Fsp3) is 0.250. The van der Waals surface area contributed by atoms with Gasteiger partial charge in [0.2, 0.25) is 5.91 Å². The molecule has 1 aromatic carbocycles. The molecule has 2 heterocycles. The third-order valence-electron chi connectivity index (χ3n) is 3.91. The number of anilines is 1. The Morgan fingerprint density at radius 2 is 2.08 bits per heavy atom. The Morgan fingerprint density at radius 3 is 2.79 bits per heavy atom. The number of benzene rings is 1. The van der Waals surface area contributed by atoms with Gasteiger partial charge in [-0.15, -0.1) is 0 Å². The number of imidazole rings is 1. The smallest absolute Gasteiger partial charge is 0.324 e. The Balaban J connectivity index is 1.98. The first-order valence-electron chi connectivity index (χ1n) is 7.42. The van der Waals surface area contributed by atoms with E-state index in [4.69, 9.17) is 0 Å². The molecule has 3 rings (SSSR count). The van der Waals surface area contributed by atoms with Crippen LogP contribution in [0.4, 0.5) is 5.69 Å². The summed E-state index contributed by atoms with van der Waals surface area (Å²) in [5.74, 6) is -0.284. The largest absolute Gasteiger partial charge is 0.329 e. The van der Waals surface area contributed by atoms with Gasteiger partial charge in [0.05, 0.1) is 6.33 Å². The lowest BCUT2D eigenvalue weighted by Gasteiger charge is -2.14. The fourth-order valence-electron chi connectivity index (χ4n) is 2.49. The molecule has 1 unspecified atom stereocenters. The summed E-state index contributed by atoms with van der Waals surface area (Å²) in [6.45, 7) is 3.60. The molecule has 0 saturated heterocycles. The molecule has 0 radical (unpaired) electrons. The van der Waals surface area contributed by atoms with Crippen LogP contribution in [0.1, 0.15) is 18.5 Å². The highest BCUT2D eigenvalue weighted by Gasteiger charge is 2.20. The Kier molecular flexibility index (Phi) is 3.80. The monoisotopic (exact) mass is 327 g/mol. The highest BCUT2D eigenvalue weighted by molar-refractivity contribution is 5.94. The van der Waals surface area contributed by atoms with E-state index in [0.29, 0.717) is 5.69 Å². The Labute approximate surface area is 136 Å². The zero-order valence-electron chi connectivity index (χ0n) is 13.5. The summed E-state index contributed by atoms with van der Waals surface area (Å²) < 4.78 is 2.41. The maximum Gasteiger partial charge on any atom is 0.329 e. The zero-order chi connectivity index (χ0) is 17.4. The standard InChI is InChI=1S/C16H17N5O3/c1-9-5-4-6-11(7-9)18-14(22)10(2)21-8-17-13-12(21)15(23)20(3)16(24)19-13/h4-8,10H,1-3H3,(H,18,22)(H,19,24). The van der Waals surface area contributed by atoms with E-state index in [0.717, 1.165) is 10.1 Å². The van der Waals surface area contributed by atoms with Gasteiger partial charge in [0.15, 0.2) is 11.2 Å². The number of aromatic nitrogens is 4. The Morgan fingerprint density at radius 1 is 1.33 bits per heavy atom. The lowest BCUT2D eigenvalue weighted by Crippen LogP contribution is -2.34. The number of carbonyl (C=O) groups excluding carboxylic acids is 1. The van der Waals surface area contributed by atoms with Gasteiger partial charge >= 0.3 is 5.69 Å². The molecule has 8 nitrogen and oxygen atoms in total. The fourth-order valence-corrected chi connectivity index (χ4v) is 2.49. The highest BCUT2D eigenvalue weighted by Crippen LogP contribution is 2.16. The van der Waals surface area contributed by atoms with Crippen molar-refractivity contribution in [3.8, 4) is 0 Å². The highest BCUT2D eigenvalue weighted by atomic mass is 16.2. The van der Waals surface area contributed by atoms with Crippen molar-refractivity contribution in [3.63, 3.8) is 0 Å². The van der Waals surface area contributed by atoms with Gasteiger partial charge in [0.1, 0.15) is 6.04 Å². The summed E-state index contributed by atoms with van der Waals surface area (Å²) in [6, 6.07) is 6.76. The van der Waals surface area contributed by atoms with Crippen molar-refractivity contribution in [2.45, 2.75) is 19.9 Å². The van der Waals surface area contributed by atoms with Crippen LogP contribution in [0.5, 0.6) is 0 Å². The molecular formula is C16H17N5O3. The molecule has 3 aromatic rings. The molecule has 24 heavy (non-hydrogen) atoms. The number of nitrogens with one attached hydrogen (secondary N) is 2. The molecule has 0 spiro atoms. The van der Waals surface area contributed by atoms with E-state index in [-0.39, 0.29) is 17.1 Å². The van der Waals surface area contributed by atoms with Crippen LogP contribution in [0.15, 0.2) is 40.2 Å². The summed E-state index contributed by atoms with van der Waals surface area (Å²) in [5.41, 5.74) is 1.01. The maximum atomic E-state index is 12.5. The van der Waals surface area contributed by atoms with Gasteiger partial charge in [-0.05, 0) is 31.5 Å². The number of fused-ring (bicyclic) bond motifs is 1. The number of hydrogen-bond donors (Lipinski definition) is 2. The van der Waals surface area contributed by atoms with Crippen LogP contribution in [0, 0.1) is 6.92 Å². The average Bonchev–Trinajstić information content (AvgIpc) is 2.95. The van der Waals surface area contributed by atoms with Crippen molar-refractivity contribution in [3.05, 3.63) is 57.0 Å². The molecule has 2 aromatic heterocycles. The van der Waals surface area contributed by atoms with Gasteiger partial charge in [-0.2, -0.15) is 0 Å². The third-order valence-corrected chi connectivity index (χ3v) is 3.91. The van der Waals surface area contributed by atoms with Crippen molar-refractivity contribution in [2.75, 3.05) is 5.32 Å². The van der Waals surface area contributed by atoms with Crippen LogP contribution in [0.2, 0.25) is 0 Å². The van der Waals surface area contributed by atoms with Crippen LogP contribution in [0.25, 0.3) is 11.2 Å². The number of rotatable bonds is 3. The molecule has 0 fully saturated rings. The lowest BCUT2D eigenvalue weighted by atomic mass is 10.2. The predicted molar refractivity (Wildman–Crippen MR) is 90.1 cm³/mol. The molecule has 0 saturated carbocycles. The molecule has 1 atom stereocenters. The minimum atomic E-state index is -0.672. The molecule has 0 aliphatic heterocycles. The van der Waals surface area contributed by atoms with Gasteiger partial charge < -0.3 is 9.88 Å². The van der Waals surface area contributed by atoms with Crippen molar-refractivity contribution in [2.24, 2.45) is 7.05 Å². The number of H-pyrrole nitrogens is 1. The minimum absolute atomic E-state index is 0.165. The maximum absolute atomic E-state index is 12.5. The zero-order valence-corrected chi connectivity index (χ0v) is 13.5. The molecule has 2 N–H and O–H groups in total. The van der Waals surface area contributed by atoms with E-state index in [1.165, 1.54) is 17.9 Å². The second-order valence-corrected chi connectivity index (χ2v) is 5.68. The Bertz CT molecular complexity index is 1040. The van der Waals surface area contributed by atoms with E-state index in [1.54, 1.807) is 13.0 Å². The number of amides is 1. The second-order valence-electron chi connectivity index (χ2n) is 5.68. The molecule has 124 valence electrons. The van der Waals surface area contributed by atoms with E-state index < -0.39 is 17.3 Å². The van der Waals surface area contributed by atoms with Gasteiger partial charge in [-0.1, -0.05) is 12.1 Å². The van der Waals surface area contributed by atoms with Crippen LogP contribution < -0.4 is 16.6 Å². The van der Waals surface area contributed by atoms with Crippen molar-refractivity contribution < 1.29 is 4.79 Å². The number of aryl methyl sites for hydroxylation is 1. The van der Waals surface area contributed by atoms with Crippen molar-refractivity contribution >= 4 is 22.8 Å². The second kappa shape index (κ2) is 5.80. The molecular weight excluding hydrogens is 310 g/mol. The van der Waals surface area contributed by atoms with Crippen LogP contribution in [-0.2, 0) is 11.8 Å². The molecule has 0 bridgehead atoms. The normalized spacial score (nSPS) is 12.3. The van der Waals surface area contributed by atoms with Gasteiger partial charge in [0.25, 0.3) is 5.56 Å². The van der Waals surface area contributed by atoms with E-state index >= 15 is 0 Å². The summed E-state index contributed by atoms with van der Waals surface area (Å²) in [6.07, 6.45) is 1.38. The summed E-state index contributed by atoms with van der Waals surface area (Å²) in [7, 11) is 1.37. The lowest BCUT2D eigenvalue weighted by molar-refractivity contribution is -0.118. The van der Waals surface area contributed by atoms with E-state index in [9.17, 15) is 14.4 Å². The summed E-state index contributed by atoms with van der Waals surface area (Å²) >= 11 is 0. The van der Waals surface area contributed by atoms with Crippen LogP contribution >= 0.6 is 0 Å². The van der Waals surface area contributed by atoms with Crippen molar-refractivity contribution in [1.82, 2.24) is 19.1 Å². The summed E-state index contributed by atoms with van der Waals surface area (Å²) in [5, 5.41) is 2.81. The van der Waals surface area contributed by atoms with E-state index in [1.807, 2.05) is 25.1 Å². The number of nitrogens with zero attached hydrogens (tertiary/aromatic N) is 3. The predicted octanol–water partition coefficient (Wildman–Crippen LogP) is 0.931. The third kappa shape index (κ3) is 2.62. The molecule has 8 heteroatoms. The van der Waals surface area contributed by atoms with Crippen LogP contribution in [0.3, 0.4) is 0 Å². The topological polar surface area (TPSA) is 102 Å². The Hall–Kier alpha value is -3.16. The number of carbonyl (C=O) groups is 1. The minimum Gasteiger partial charge on any atom is -0.324 e. The SMILES string of the molecule is Cc1cccc(NC(=O)C(C)n2cnc3[nH]c(=O)n(C)c(=O)c32)c1. The van der Waals surface area contributed by atoms with Crippen molar-refractivity contribution in [1.29, 1.82) is 0 Å². The van der Waals surface area contributed by atoms with Gasteiger partial charge in [0, 0.05) is 12.7 Å². The average molecular weight is 327 g/mol. The molecule has 1 amide bonds. The first kappa shape index (κ1) is 15.7. The van der Waals surface area contributed by atoms with Crippen LogP contribution in [-0.4, -0.2) is 25.0 Å². The first-order chi connectivity index (χ1) is 11.4.